The van der Waals surface area contributed by atoms with E-state index in [1.54, 1.807) is 12.1 Å². The molecule has 9 heteroatoms. The molecular formula is C15H19F2N5O2. The van der Waals surface area contributed by atoms with Crippen LogP contribution in [0.15, 0.2) is 24.3 Å². The van der Waals surface area contributed by atoms with E-state index >= 15 is 0 Å². The number of hydrogen-bond acceptors (Lipinski definition) is 6. The minimum atomic E-state index is -2.86. The van der Waals surface area contributed by atoms with Crippen molar-refractivity contribution in [3.8, 4) is 11.4 Å². The van der Waals surface area contributed by atoms with Crippen LogP contribution in [0.25, 0.3) is 5.69 Å². The van der Waals surface area contributed by atoms with Gasteiger partial charge in [-0.3, -0.25) is 0 Å². The SMILES string of the molecule is OCC1(NCc2nnnn2-c2ccc(OC(F)F)cc2)CCCC1. The third-order valence-electron chi connectivity index (χ3n) is 4.33. The van der Waals surface area contributed by atoms with Gasteiger partial charge in [-0.1, -0.05) is 12.8 Å². The molecule has 0 aliphatic heterocycles. The van der Waals surface area contributed by atoms with Crippen molar-refractivity contribution in [1.82, 2.24) is 25.5 Å². The van der Waals surface area contributed by atoms with Crippen molar-refractivity contribution >= 4 is 0 Å². The maximum atomic E-state index is 12.2. The maximum absolute atomic E-state index is 12.2. The number of hydrogen-bond donors (Lipinski definition) is 2. The summed E-state index contributed by atoms with van der Waals surface area (Å²) >= 11 is 0. The Morgan fingerprint density at radius 2 is 1.96 bits per heavy atom. The first-order chi connectivity index (χ1) is 11.6. The highest BCUT2D eigenvalue weighted by Gasteiger charge is 2.32. The molecule has 1 aliphatic carbocycles. The standard InChI is InChI=1S/C15H19F2N5O2/c16-14(17)24-12-5-3-11(4-6-12)22-13(19-20-21-22)9-18-15(10-23)7-1-2-8-15/h3-6,14,18,23H,1-2,7-10H2. The zero-order valence-electron chi connectivity index (χ0n) is 13.0. The van der Waals surface area contributed by atoms with Gasteiger partial charge in [-0.05, 0) is 47.5 Å². The Kier molecular flexibility index (Phi) is 5.00. The van der Waals surface area contributed by atoms with E-state index in [0.29, 0.717) is 18.1 Å². The number of nitrogens with zero attached hydrogens (tertiary/aromatic N) is 4. The van der Waals surface area contributed by atoms with Crippen molar-refractivity contribution in [3.05, 3.63) is 30.1 Å². The molecule has 24 heavy (non-hydrogen) atoms. The van der Waals surface area contributed by atoms with Gasteiger partial charge in [0.15, 0.2) is 5.82 Å². The van der Waals surface area contributed by atoms with Crippen molar-refractivity contribution in [2.45, 2.75) is 44.4 Å². The Morgan fingerprint density at radius 3 is 2.58 bits per heavy atom. The Morgan fingerprint density at radius 1 is 1.25 bits per heavy atom. The second-order valence-electron chi connectivity index (χ2n) is 5.88. The van der Waals surface area contributed by atoms with Gasteiger partial charge in [0, 0.05) is 5.54 Å². The van der Waals surface area contributed by atoms with Crippen LogP contribution in [0.4, 0.5) is 8.78 Å². The second-order valence-corrected chi connectivity index (χ2v) is 5.88. The van der Waals surface area contributed by atoms with Crippen LogP contribution in [0.1, 0.15) is 31.5 Å². The van der Waals surface area contributed by atoms with Crippen molar-refractivity contribution in [2.75, 3.05) is 6.61 Å². The molecule has 0 bridgehead atoms. The molecule has 0 radical (unpaired) electrons. The van der Waals surface area contributed by atoms with Crippen LogP contribution >= 0.6 is 0 Å². The summed E-state index contributed by atoms with van der Waals surface area (Å²) < 4.78 is 30.2. The number of tetrazole rings is 1. The smallest absolute Gasteiger partial charge is 0.387 e. The summed E-state index contributed by atoms with van der Waals surface area (Å²) in [6, 6.07) is 6.09. The highest BCUT2D eigenvalue weighted by atomic mass is 19.3. The molecule has 2 N–H and O–H groups in total. The van der Waals surface area contributed by atoms with E-state index in [1.165, 1.54) is 16.8 Å². The van der Waals surface area contributed by atoms with E-state index in [-0.39, 0.29) is 17.9 Å². The zero-order chi connectivity index (χ0) is 17.0. The second kappa shape index (κ2) is 7.18. The monoisotopic (exact) mass is 339 g/mol. The fourth-order valence-corrected chi connectivity index (χ4v) is 2.99. The lowest BCUT2D eigenvalue weighted by Gasteiger charge is -2.27. The molecule has 0 unspecified atom stereocenters. The van der Waals surface area contributed by atoms with Gasteiger partial charge in [0.2, 0.25) is 0 Å². The molecule has 0 saturated heterocycles. The van der Waals surface area contributed by atoms with E-state index in [0.717, 1.165) is 25.7 Å². The number of aromatic nitrogens is 4. The Bertz CT molecular complexity index is 656. The summed E-state index contributed by atoms with van der Waals surface area (Å²) in [5.74, 6) is 0.656. The number of aliphatic hydroxyl groups excluding tert-OH is 1. The number of halogens is 2. The zero-order valence-corrected chi connectivity index (χ0v) is 13.0. The molecule has 1 aromatic carbocycles. The van der Waals surface area contributed by atoms with Crippen LogP contribution < -0.4 is 10.1 Å². The minimum absolute atomic E-state index is 0.0756. The Hall–Kier alpha value is -2.13. The van der Waals surface area contributed by atoms with Gasteiger partial charge in [0.05, 0.1) is 18.8 Å². The molecule has 7 nitrogen and oxygen atoms in total. The highest BCUT2D eigenvalue weighted by Crippen LogP contribution is 2.29. The number of nitrogens with one attached hydrogen (secondary N) is 1. The molecule has 2 aromatic rings. The molecule has 0 amide bonds. The predicted molar refractivity (Wildman–Crippen MR) is 80.9 cm³/mol. The lowest BCUT2D eigenvalue weighted by atomic mass is 9.99. The summed E-state index contributed by atoms with van der Waals surface area (Å²) in [5, 5.41) is 24.6. The van der Waals surface area contributed by atoms with Crippen LogP contribution in [-0.4, -0.2) is 44.1 Å². The van der Waals surface area contributed by atoms with Crippen molar-refractivity contribution in [3.63, 3.8) is 0 Å². The van der Waals surface area contributed by atoms with Gasteiger partial charge in [-0.15, -0.1) is 5.10 Å². The molecule has 130 valence electrons. The molecule has 3 rings (SSSR count). The summed E-state index contributed by atoms with van der Waals surface area (Å²) in [7, 11) is 0. The molecular weight excluding hydrogens is 320 g/mol. The van der Waals surface area contributed by atoms with Gasteiger partial charge < -0.3 is 15.2 Å². The third kappa shape index (κ3) is 3.68. The van der Waals surface area contributed by atoms with E-state index in [4.69, 9.17) is 0 Å². The molecule has 1 heterocycles. The molecule has 1 aliphatic rings. The van der Waals surface area contributed by atoms with Gasteiger partial charge >= 0.3 is 6.61 Å². The van der Waals surface area contributed by atoms with Crippen LogP contribution in [-0.2, 0) is 6.54 Å². The number of aliphatic hydroxyl groups is 1. The summed E-state index contributed by atoms with van der Waals surface area (Å²) in [4.78, 5) is 0. The van der Waals surface area contributed by atoms with Crippen LogP contribution in [0.5, 0.6) is 5.75 Å². The van der Waals surface area contributed by atoms with E-state index < -0.39 is 6.61 Å². The van der Waals surface area contributed by atoms with Crippen LogP contribution in [0.2, 0.25) is 0 Å². The molecule has 0 atom stereocenters. The fourth-order valence-electron chi connectivity index (χ4n) is 2.99. The normalized spacial score (nSPS) is 16.7. The minimum Gasteiger partial charge on any atom is -0.435 e. The fraction of sp³-hybridized carbons (Fsp3) is 0.533. The predicted octanol–water partition coefficient (Wildman–Crippen LogP) is 1.66. The number of ether oxygens (including phenoxy) is 1. The van der Waals surface area contributed by atoms with Gasteiger partial charge in [0.1, 0.15) is 5.75 Å². The summed E-state index contributed by atoms with van der Waals surface area (Å²) in [6.45, 7) is -2.37. The molecule has 1 saturated carbocycles. The number of alkyl halides is 2. The first-order valence-corrected chi connectivity index (χ1v) is 7.80. The maximum Gasteiger partial charge on any atom is 0.387 e. The number of benzene rings is 1. The lowest BCUT2D eigenvalue weighted by molar-refractivity contribution is -0.0498. The van der Waals surface area contributed by atoms with Gasteiger partial charge in [0.25, 0.3) is 0 Å². The van der Waals surface area contributed by atoms with E-state index in [2.05, 4.69) is 25.6 Å². The van der Waals surface area contributed by atoms with Crippen molar-refractivity contribution in [2.24, 2.45) is 0 Å². The summed E-state index contributed by atoms with van der Waals surface area (Å²) in [6.07, 6.45) is 4.02. The van der Waals surface area contributed by atoms with E-state index in [9.17, 15) is 13.9 Å². The highest BCUT2D eigenvalue weighted by molar-refractivity contribution is 5.37. The van der Waals surface area contributed by atoms with Crippen molar-refractivity contribution in [1.29, 1.82) is 0 Å². The first-order valence-electron chi connectivity index (χ1n) is 7.80. The average molecular weight is 339 g/mol. The quantitative estimate of drug-likeness (QED) is 0.798. The molecule has 0 spiro atoms. The van der Waals surface area contributed by atoms with Crippen LogP contribution in [0.3, 0.4) is 0 Å². The van der Waals surface area contributed by atoms with E-state index in [1.807, 2.05) is 0 Å². The van der Waals surface area contributed by atoms with Crippen LogP contribution in [0, 0.1) is 0 Å². The third-order valence-corrected chi connectivity index (χ3v) is 4.33. The molecule has 1 fully saturated rings. The van der Waals surface area contributed by atoms with Gasteiger partial charge in [-0.2, -0.15) is 13.5 Å². The van der Waals surface area contributed by atoms with Gasteiger partial charge in [-0.25, -0.2) is 0 Å². The topological polar surface area (TPSA) is 85.1 Å². The Labute approximate surface area is 137 Å². The molecule has 1 aromatic heterocycles. The van der Waals surface area contributed by atoms with Crippen molar-refractivity contribution < 1.29 is 18.6 Å². The Balaban J connectivity index is 1.70. The summed E-state index contributed by atoms with van der Waals surface area (Å²) in [5.41, 5.74) is 0.369. The number of rotatable bonds is 7. The average Bonchev–Trinajstić information content (AvgIpc) is 3.23. The lowest BCUT2D eigenvalue weighted by Crippen LogP contribution is -2.45. The largest absolute Gasteiger partial charge is 0.435 e. The first kappa shape index (κ1) is 16.7.